The van der Waals surface area contributed by atoms with Gasteiger partial charge in [0.1, 0.15) is 11.9 Å². The van der Waals surface area contributed by atoms with Crippen molar-refractivity contribution in [2.75, 3.05) is 0 Å². The highest BCUT2D eigenvalue weighted by Gasteiger charge is 2.30. The first-order valence-corrected chi connectivity index (χ1v) is 8.59. The molecule has 0 spiro atoms. The zero-order valence-electron chi connectivity index (χ0n) is 14.2. The van der Waals surface area contributed by atoms with Crippen molar-refractivity contribution in [3.8, 4) is 5.75 Å². The molecule has 1 aliphatic heterocycles. The van der Waals surface area contributed by atoms with Crippen LogP contribution in [0.3, 0.4) is 0 Å². The van der Waals surface area contributed by atoms with Crippen LogP contribution in [0.1, 0.15) is 79.5 Å². The fourth-order valence-electron chi connectivity index (χ4n) is 2.92. The second kappa shape index (κ2) is 8.09. The van der Waals surface area contributed by atoms with Gasteiger partial charge in [-0.05, 0) is 38.0 Å². The molecule has 23 heavy (non-hydrogen) atoms. The molecule has 0 saturated carbocycles. The lowest BCUT2D eigenvalue weighted by molar-refractivity contribution is 0.0955. The average Bonchev–Trinajstić information content (AvgIpc) is 2.54. The smallest absolute Gasteiger partial charge is 0.195 e. The van der Waals surface area contributed by atoms with Gasteiger partial charge in [0, 0.05) is 11.1 Å². The lowest BCUT2D eigenvalue weighted by atomic mass is 9.91. The fraction of sp³-hybridized carbons (Fsp3) is 0.500. The second-order valence-electron chi connectivity index (χ2n) is 6.28. The van der Waals surface area contributed by atoms with E-state index in [1.165, 1.54) is 32.6 Å². The normalized spacial score (nSPS) is 16.9. The van der Waals surface area contributed by atoms with Crippen molar-refractivity contribution in [1.29, 1.82) is 0 Å². The lowest BCUT2D eigenvalue weighted by Crippen LogP contribution is -2.29. The molecule has 1 heterocycles. The van der Waals surface area contributed by atoms with Crippen LogP contribution in [0.2, 0.25) is 0 Å². The summed E-state index contributed by atoms with van der Waals surface area (Å²) in [5.41, 5.74) is 1.50. The number of carbonyl (C=O) groups excluding carboxylic acids is 2. The van der Waals surface area contributed by atoms with E-state index in [0.29, 0.717) is 22.4 Å². The maximum atomic E-state index is 12.5. The number of hydrogen-bond acceptors (Lipinski definition) is 3. The molecule has 0 amide bonds. The third-order valence-corrected chi connectivity index (χ3v) is 4.40. The van der Waals surface area contributed by atoms with Crippen LogP contribution in [0.25, 0.3) is 0 Å². The highest BCUT2D eigenvalue weighted by molar-refractivity contribution is 6.13. The van der Waals surface area contributed by atoms with E-state index < -0.39 is 0 Å². The molecular weight excluding hydrogens is 288 g/mol. The van der Waals surface area contributed by atoms with E-state index in [4.69, 9.17) is 4.74 Å². The van der Waals surface area contributed by atoms with Gasteiger partial charge < -0.3 is 4.74 Å². The van der Waals surface area contributed by atoms with Gasteiger partial charge in [-0.1, -0.05) is 45.6 Å². The number of hydrogen-bond donors (Lipinski definition) is 0. The van der Waals surface area contributed by atoms with Crippen LogP contribution in [0.4, 0.5) is 0 Å². The first-order chi connectivity index (χ1) is 11.0. The molecule has 0 N–H and O–H groups in total. The van der Waals surface area contributed by atoms with Gasteiger partial charge in [-0.2, -0.15) is 0 Å². The number of Topliss-reactive ketones (excluding diaryl/α,β-unsaturated/α-hetero) is 2. The SMILES string of the molecule is C=C1C(=O)c2cc(C(C)=O)ccc2OC1CCCCCCCC. The van der Waals surface area contributed by atoms with E-state index in [-0.39, 0.29) is 17.7 Å². The van der Waals surface area contributed by atoms with Crippen molar-refractivity contribution in [3.05, 3.63) is 41.5 Å². The lowest BCUT2D eigenvalue weighted by Gasteiger charge is -2.27. The summed E-state index contributed by atoms with van der Waals surface area (Å²) in [6, 6.07) is 5.06. The topological polar surface area (TPSA) is 43.4 Å². The van der Waals surface area contributed by atoms with E-state index in [0.717, 1.165) is 19.3 Å². The molecule has 124 valence electrons. The van der Waals surface area contributed by atoms with E-state index in [9.17, 15) is 9.59 Å². The molecule has 1 aromatic carbocycles. The summed E-state index contributed by atoms with van der Waals surface area (Å²) in [5.74, 6) is 0.425. The number of unbranched alkanes of at least 4 members (excludes halogenated alkanes) is 5. The Hall–Kier alpha value is -1.90. The van der Waals surface area contributed by atoms with Crippen molar-refractivity contribution in [2.24, 2.45) is 0 Å². The summed E-state index contributed by atoms with van der Waals surface area (Å²) >= 11 is 0. The van der Waals surface area contributed by atoms with Crippen LogP contribution in [0, 0.1) is 0 Å². The number of carbonyl (C=O) groups is 2. The maximum absolute atomic E-state index is 12.5. The molecule has 0 fully saturated rings. The van der Waals surface area contributed by atoms with Gasteiger partial charge in [0.05, 0.1) is 5.56 Å². The zero-order chi connectivity index (χ0) is 16.8. The first kappa shape index (κ1) is 17.5. The minimum Gasteiger partial charge on any atom is -0.485 e. The summed E-state index contributed by atoms with van der Waals surface area (Å²) in [7, 11) is 0. The number of fused-ring (bicyclic) bond motifs is 1. The predicted molar refractivity (Wildman–Crippen MR) is 92.3 cm³/mol. The van der Waals surface area contributed by atoms with Crippen LogP contribution >= 0.6 is 0 Å². The van der Waals surface area contributed by atoms with Gasteiger partial charge in [0.2, 0.25) is 0 Å². The minimum absolute atomic E-state index is 0.0552. The molecule has 0 aromatic heterocycles. The van der Waals surface area contributed by atoms with Crippen molar-refractivity contribution >= 4 is 11.6 Å². The average molecular weight is 314 g/mol. The Morgan fingerprint density at radius 1 is 1.17 bits per heavy atom. The number of ether oxygens (including phenoxy) is 1. The van der Waals surface area contributed by atoms with Crippen LogP contribution in [0.5, 0.6) is 5.75 Å². The van der Waals surface area contributed by atoms with Crippen LogP contribution in [-0.2, 0) is 0 Å². The predicted octanol–water partition coefficient (Wildman–Crippen LogP) is 5.14. The van der Waals surface area contributed by atoms with Gasteiger partial charge in [-0.3, -0.25) is 9.59 Å². The molecule has 2 rings (SSSR count). The van der Waals surface area contributed by atoms with Gasteiger partial charge in [-0.25, -0.2) is 0 Å². The van der Waals surface area contributed by atoms with Gasteiger partial charge in [0.25, 0.3) is 0 Å². The Labute approximate surface area is 138 Å². The Morgan fingerprint density at radius 2 is 1.87 bits per heavy atom. The van der Waals surface area contributed by atoms with E-state index in [2.05, 4.69) is 13.5 Å². The molecule has 3 heteroatoms. The summed E-state index contributed by atoms with van der Waals surface area (Å²) in [6.45, 7) is 7.62. The molecule has 0 radical (unpaired) electrons. The van der Waals surface area contributed by atoms with Crippen molar-refractivity contribution in [1.82, 2.24) is 0 Å². The highest BCUT2D eigenvalue weighted by Crippen LogP contribution is 2.32. The van der Waals surface area contributed by atoms with Crippen molar-refractivity contribution < 1.29 is 14.3 Å². The standard InChI is InChI=1S/C20H26O3/c1-4-5-6-7-8-9-10-18-14(2)20(22)17-13-16(15(3)21)11-12-19(17)23-18/h11-13,18H,2,4-10H2,1,3H3. The molecule has 0 bridgehead atoms. The van der Waals surface area contributed by atoms with Gasteiger partial charge in [0.15, 0.2) is 11.6 Å². The molecule has 3 nitrogen and oxygen atoms in total. The van der Waals surface area contributed by atoms with Crippen LogP contribution in [-0.4, -0.2) is 17.7 Å². The van der Waals surface area contributed by atoms with E-state index >= 15 is 0 Å². The summed E-state index contributed by atoms with van der Waals surface area (Å²) in [4.78, 5) is 23.9. The first-order valence-electron chi connectivity index (χ1n) is 8.59. The van der Waals surface area contributed by atoms with Crippen molar-refractivity contribution in [2.45, 2.75) is 64.9 Å². The third kappa shape index (κ3) is 4.31. The monoisotopic (exact) mass is 314 g/mol. The van der Waals surface area contributed by atoms with Gasteiger partial charge >= 0.3 is 0 Å². The largest absolute Gasteiger partial charge is 0.485 e. The maximum Gasteiger partial charge on any atom is 0.195 e. The quantitative estimate of drug-likeness (QED) is 0.379. The summed E-state index contributed by atoms with van der Waals surface area (Å²) in [6.07, 6.45) is 7.85. The number of rotatable bonds is 8. The van der Waals surface area contributed by atoms with E-state index in [1.807, 2.05) is 0 Å². The fourth-order valence-corrected chi connectivity index (χ4v) is 2.92. The molecule has 0 aliphatic carbocycles. The van der Waals surface area contributed by atoms with E-state index in [1.54, 1.807) is 18.2 Å². The molecule has 1 aromatic rings. The second-order valence-corrected chi connectivity index (χ2v) is 6.28. The minimum atomic E-state index is -0.232. The Balaban J connectivity index is 1.97. The highest BCUT2D eigenvalue weighted by atomic mass is 16.5. The molecule has 0 saturated heterocycles. The number of ketones is 2. The molecular formula is C20H26O3. The molecule has 1 unspecified atom stereocenters. The number of benzene rings is 1. The van der Waals surface area contributed by atoms with Crippen LogP contribution in [0.15, 0.2) is 30.4 Å². The Bertz CT molecular complexity index is 601. The zero-order valence-corrected chi connectivity index (χ0v) is 14.2. The van der Waals surface area contributed by atoms with Crippen LogP contribution < -0.4 is 4.74 Å². The molecule has 1 aliphatic rings. The summed E-state index contributed by atoms with van der Waals surface area (Å²) in [5, 5.41) is 0. The Morgan fingerprint density at radius 3 is 2.57 bits per heavy atom. The molecule has 1 atom stereocenters. The summed E-state index contributed by atoms with van der Waals surface area (Å²) < 4.78 is 5.95. The third-order valence-electron chi connectivity index (χ3n) is 4.40. The van der Waals surface area contributed by atoms with Crippen molar-refractivity contribution in [3.63, 3.8) is 0 Å². The Kier molecular flexibility index (Phi) is 6.14. The van der Waals surface area contributed by atoms with Gasteiger partial charge in [-0.15, -0.1) is 0 Å².